The van der Waals surface area contributed by atoms with E-state index in [1.54, 1.807) is 6.92 Å². The SMILES string of the molecule is CCOC(=O)Cc1csc(SCC(=O)N2CCN(CC(=O)Nc3ccccc3CC)CC2)n1. The Morgan fingerprint density at radius 1 is 1.15 bits per heavy atom. The summed E-state index contributed by atoms with van der Waals surface area (Å²) in [6.45, 7) is 7.04. The Bertz CT molecular complexity index is 957. The van der Waals surface area contributed by atoms with E-state index in [9.17, 15) is 14.4 Å². The van der Waals surface area contributed by atoms with Crippen LogP contribution in [0.4, 0.5) is 5.69 Å². The van der Waals surface area contributed by atoms with Gasteiger partial charge >= 0.3 is 5.97 Å². The third-order valence-corrected chi connectivity index (χ3v) is 7.30. The molecule has 2 aromatic rings. The van der Waals surface area contributed by atoms with Gasteiger partial charge in [0.05, 0.1) is 31.0 Å². The first kappa shape index (κ1) is 25.2. The van der Waals surface area contributed by atoms with Crippen molar-refractivity contribution in [1.29, 1.82) is 0 Å². The molecule has 1 aromatic carbocycles. The molecule has 3 rings (SSSR count). The van der Waals surface area contributed by atoms with E-state index >= 15 is 0 Å². The van der Waals surface area contributed by atoms with Gasteiger partial charge in [0.25, 0.3) is 0 Å². The van der Waals surface area contributed by atoms with E-state index in [1.807, 2.05) is 34.5 Å². The van der Waals surface area contributed by atoms with Gasteiger partial charge in [0.1, 0.15) is 0 Å². The van der Waals surface area contributed by atoms with Crippen molar-refractivity contribution in [3.05, 3.63) is 40.9 Å². The van der Waals surface area contributed by atoms with Crippen LogP contribution < -0.4 is 5.32 Å². The predicted molar refractivity (Wildman–Crippen MR) is 131 cm³/mol. The maximum atomic E-state index is 12.6. The molecule has 1 aromatic heterocycles. The number of carbonyl (C=O) groups excluding carboxylic acids is 3. The Labute approximate surface area is 202 Å². The number of carbonyl (C=O) groups is 3. The monoisotopic (exact) mass is 490 g/mol. The first-order valence-electron chi connectivity index (χ1n) is 11.1. The molecule has 1 aliphatic heterocycles. The molecule has 1 N–H and O–H groups in total. The highest BCUT2D eigenvalue weighted by molar-refractivity contribution is 8.01. The number of thioether (sulfide) groups is 1. The lowest BCUT2D eigenvalue weighted by Gasteiger charge is -2.34. The van der Waals surface area contributed by atoms with E-state index in [4.69, 9.17) is 4.74 Å². The number of rotatable bonds is 10. The zero-order chi connectivity index (χ0) is 23.6. The van der Waals surface area contributed by atoms with Crippen molar-refractivity contribution < 1.29 is 19.1 Å². The second-order valence-electron chi connectivity index (χ2n) is 7.59. The minimum absolute atomic E-state index is 0.0337. The fourth-order valence-corrected chi connectivity index (χ4v) is 5.26. The average Bonchev–Trinajstić information content (AvgIpc) is 3.25. The lowest BCUT2D eigenvalue weighted by molar-refractivity contribution is -0.142. The van der Waals surface area contributed by atoms with Crippen LogP contribution in [0.25, 0.3) is 0 Å². The summed E-state index contributed by atoms with van der Waals surface area (Å²) in [7, 11) is 0. The number of hydrogen-bond donors (Lipinski definition) is 1. The van der Waals surface area contributed by atoms with E-state index in [-0.39, 0.29) is 24.2 Å². The smallest absolute Gasteiger partial charge is 0.311 e. The standard InChI is InChI=1S/C23H30N4O4S2/c1-3-17-7-5-6-8-19(17)25-20(28)14-26-9-11-27(12-10-26)21(29)16-33-23-24-18(15-32-23)13-22(30)31-4-2/h5-8,15H,3-4,9-14,16H2,1-2H3,(H,25,28). The van der Waals surface area contributed by atoms with E-state index in [0.29, 0.717) is 50.8 Å². The molecule has 33 heavy (non-hydrogen) atoms. The second kappa shape index (κ2) is 12.7. The molecule has 1 saturated heterocycles. The molecule has 0 bridgehead atoms. The van der Waals surface area contributed by atoms with Crippen LogP contribution in [0.3, 0.4) is 0 Å². The summed E-state index contributed by atoms with van der Waals surface area (Å²) in [5.41, 5.74) is 2.65. The minimum atomic E-state index is -0.295. The van der Waals surface area contributed by atoms with Crippen LogP contribution in [-0.4, -0.2) is 77.7 Å². The van der Waals surface area contributed by atoms with E-state index < -0.39 is 0 Å². The number of para-hydroxylation sites is 1. The van der Waals surface area contributed by atoms with Gasteiger partial charge in [-0.2, -0.15) is 0 Å². The molecule has 0 aliphatic carbocycles. The molecule has 2 amide bonds. The van der Waals surface area contributed by atoms with Crippen molar-refractivity contribution >= 4 is 46.6 Å². The van der Waals surface area contributed by atoms with Crippen molar-refractivity contribution in [2.24, 2.45) is 0 Å². The lowest BCUT2D eigenvalue weighted by atomic mass is 10.1. The first-order valence-corrected chi connectivity index (χ1v) is 13.0. The zero-order valence-corrected chi connectivity index (χ0v) is 20.7. The molecular weight excluding hydrogens is 460 g/mol. The Morgan fingerprint density at radius 3 is 2.64 bits per heavy atom. The fraction of sp³-hybridized carbons (Fsp3) is 0.478. The Morgan fingerprint density at radius 2 is 1.91 bits per heavy atom. The van der Waals surface area contributed by atoms with Crippen LogP contribution in [0.5, 0.6) is 0 Å². The normalized spacial score (nSPS) is 14.2. The van der Waals surface area contributed by atoms with Crippen LogP contribution >= 0.6 is 23.1 Å². The molecular formula is C23H30N4O4S2. The van der Waals surface area contributed by atoms with Crippen LogP contribution in [0, 0.1) is 0 Å². The highest BCUT2D eigenvalue weighted by atomic mass is 32.2. The van der Waals surface area contributed by atoms with Gasteiger partial charge in [-0.25, -0.2) is 4.98 Å². The molecule has 0 saturated carbocycles. The van der Waals surface area contributed by atoms with Crippen molar-refractivity contribution in [3.8, 4) is 0 Å². The Kier molecular flexibility index (Phi) is 9.71. The van der Waals surface area contributed by atoms with Gasteiger partial charge in [-0.05, 0) is 25.0 Å². The Balaban J connectivity index is 1.38. The quantitative estimate of drug-likeness (QED) is 0.404. The third-order valence-electron chi connectivity index (χ3n) is 5.25. The number of ether oxygens (including phenoxy) is 1. The number of aromatic nitrogens is 1. The third kappa shape index (κ3) is 7.83. The van der Waals surface area contributed by atoms with Crippen molar-refractivity contribution in [2.45, 2.75) is 31.0 Å². The number of piperazine rings is 1. The van der Waals surface area contributed by atoms with Crippen molar-refractivity contribution in [2.75, 3.05) is 50.4 Å². The van der Waals surface area contributed by atoms with Gasteiger partial charge in [-0.15, -0.1) is 11.3 Å². The number of benzene rings is 1. The zero-order valence-electron chi connectivity index (χ0n) is 19.0. The van der Waals surface area contributed by atoms with Crippen molar-refractivity contribution in [3.63, 3.8) is 0 Å². The van der Waals surface area contributed by atoms with Gasteiger partial charge < -0.3 is 15.0 Å². The number of hydrogen-bond acceptors (Lipinski definition) is 8. The number of thiazole rings is 1. The van der Waals surface area contributed by atoms with Crippen molar-refractivity contribution in [1.82, 2.24) is 14.8 Å². The summed E-state index contributed by atoms with van der Waals surface area (Å²) in [6.07, 6.45) is 1.02. The summed E-state index contributed by atoms with van der Waals surface area (Å²) in [4.78, 5) is 44.9. The lowest BCUT2D eigenvalue weighted by Crippen LogP contribution is -2.50. The largest absolute Gasteiger partial charge is 0.466 e. The topological polar surface area (TPSA) is 91.8 Å². The predicted octanol–water partition coefficient (Wildman–Crippen LogP) is 2.69. The van der Waals surface area contributed by atoms with Gasteiger partial charge in [-0.3, -0.25) is 19.3 Å². The number of anilines is 1. The fourth-order valence-electron chi connectivity index (χ4n) is 3.51. The number of esters is 1. The summed E-state index contributed by atoms with van der Waals surface area (Å²) >= 11 is 2.82. The summed E-state index contributed by atoms with van der Waals surface area (Å²) < 4.78 is 5.70. The molecule has 2 heterocycles. The van der Waals surface area contributed by atoms with Gasteiger partial charge in [0, 0.05) is 37.2 Å². The van der Waals surface area contributed by atoms with Gasteiger partial charge in [0.2, 0.25) is 11.8 Å². The summed E-state index contributed by atoms with van der Waals surface area (Å²) in [5, 5.41) is 4.83. The molecule has 0 radical (unpaired) electrons. The van der Waals surface area contributed by atoms with Crippen LogP contribution in [0.15, 0.2) is 34.0 Å². The van der Waals surface area contributed by atoms with Gasteiger partial charge in [0.15, 0.2) is 4.34 Å². The molecule has 0 spiro atoms. The van der Waals surface area contributed by atoms with Gasteiger partial charge in [-0.1, -0.05) is 36.9 Å². The average molecular weight is 491 g/mol. The maximum absolute atomic E-state index is 12.6. The van der Waals surface area contributed by atoms with Crippen LogP contribution in [0.1, 0.15) is 25.1 Å². The van der Waals surface area contributed by atoms with E-state index in [2.05, 4.69) is 22.1 Å². The molecule has 8 nitrogen and oxygen atoms in total. The second-order valence-corrected chi connectivity index (χ2v) is 9.67. The molecule has 10 heteroatoms. The first-order chi connectivity index (χ1) is 16.0. The molecule has 0 unspecified atom stereocenters. The number of amides is 2. The molecule has 178 valence electrons. The van der Waals surface area contributed by atoms with E-state index in [1.165, 1.54) is 23.1 Å². The summed E-state index contributed by atoms with van der Waals surface area (Å²) in [5.74, 6) is 0.0361. The highest BCUT2D eigenvalue weighted by Crippen LogP contribution is 2.23. The minimum Gasteiger partial charge on any atom is -0.466 e. The van der Waals surface area contributed by atoms with Crippen LogP contribution in [0.2, 0.25) is 0 Å². The van der Waals surface area contributed by atoms with Crippen LogP contribution in [-0.2, 0) is 32.0 Å². The summed E-state index contributed by atoms with van der Waals surface area (Å²) in [6, 6.07) is 7.84. The number of nitrogens with zero attached hydrogens (tertiary/aromatic N) is 3. The molecule has 1 fully saturated rings. The highest BCUT2D eigenvalue weighted by Gasteiger charge is 2.23. The molecule has 0 atom stereocenters. The number of nitrogens with one attached hydrogen (secondary N) is 1. The number of aryl methyl sites for hydroxylation is 1. The van der Waals surface area contributed by atoms with E-state index in [0.717, 1.165) is 22.0 Å². The maximum Gasteiger partial charge on any atom is 0.311 e. The molecule has 1 aliphatic rings. The Hall–Kier alpha value is -2.43.